The van der Waals surface area contributed by atoms with E-state index >= 15 is 0 Å². The topological polar surface area (TPSA) is 87.7 Å². The fraction of sp³-hybridized carbons (Fsp3) is 0.0952. The van der Waals surface area contributed by atoms with Crippen molar-refractivity contribution in [3.63, 3.8) is 0 Å². The van der Waals surface area contributed by atoms with Crippen molar-refractivity contribution in [2.45, 2.75) is 22.6 Å². The molecule has 0 spiro atoms. The van der Waals surface area contributed by atoms with Gasteiger partial charge in [0.05, 0.1) is 12.1 Å². The summed E-state index contributed by atoms with van der Waals surface area (Å²) < 4.78 is 1.27. The van der Waals surface area contributed by atoms with Gasteiger partial charge in [0.25, 0.3) is 0 Å². The van der Waals surface area contributed by atoms with Crippen LogP contribution in [0, 0.1) is 0 Å². The predicted molar refractivity (Wildman–Crippen MR) is 107 cm³/mol. The Morgan fingerprint density at radius 3 is 2.39 bits per heavy atom. The number of nitrogens with zero attached hydrogens (tertiary/aromatic N) is 3. The smallest absolute Gasteiger partial charge is 0.310 e. The third kappa shape index (κ3) is 3.32. The lowest BCUT2D eigenvalue weighted by Crippen LogP contribution is -2.10. The summed E-state index contributed by atoms with van der Waals surface area (Å²) in [6.07, 6.45) is 3.02. The van der Waals surface area contributed by atoms with Crippen LogP contribution in [0.2, 0.25) is 0 Å². The first-order valence-electron chi connectivity index (χ1n) is 8.66. The monoisotopic (exact) mass is 391 g/mol. The van der Waals surface area contributed by atoms with Gasteiger partial charge < -0.3 is 10.2 Å². The molecule has 0 amide bonds. The van der Waals surface area contributed by atoms with Gasteiger partial charge in [0.15, 0.2) is 5.65 Å². The summed E-state index contributed by atoms with van der Waals surface area (Å²) in [7, 11) is 0. The van der Waals surface area contributed by atoms with Crippen molar-refractivity contribution < 1.29 is 15.0 Å². The molecule has 6 nitrogen and oxygen atoms in total. The molecule has 0 aliphatic heterocycles. The maximum atomic E-state index is 11.2. The van der Waals surface area contributed by atoms with Crippen molar-refractivity contribution in [3.05, 3.63) is 72.6 Å². The highest BCUT2D eigenvalue weighted by Gasteiger charge is 2.22. The minimum Gasteiger partial charge on any atom is -0.493 e. The Morgan fingerprint density at radius 2 is 1.71 bits per heavy atom. The molecule has 0 aliphatic carbocycles. The van der Waals surface area contributed by atoms with E-state index in [0.29, 0.717) is 5.65 Å². The molecule has 28 heavy (non-hydrogen) atoms. The first-order chi connectivity index (χ1) is 13.5. The molecule has 7 heteroatoms. The van der Waals surface area contributed by atoms with Crippen LogP contribution >= 0.6 is 11.8 Å². The van der Waals surface area contributed by atoms with Crippen LogP contribution in [-0.4, -0.2) is 30.8 Å². The van der Waals surface area contributed by atoms with Crippen molar-refractivity contribution in [3.8, 4) is 17.0 Å². The minimum absolute atomic E-state index is 0.206. The average Bonchev–Trinajstić information content (AvgIpc) is 3.14. The summed E-state index contributed by atoms with van der Waals surface area (Å²) >= 11 is 1.68. The number of fused-ring (bicyclic) bond motifs is 1. The molecule has 1 unspecified atom stereocenters. The zero-order valence-electron chi connectivity index (χ0n) is 15.0. The number of benzene rings is 2. The van der Waals surface area contributed by atoms with Crippen LogP contribution in [0.1, 0.15) is 18.4 Å². The Hall–Kier alpha value is -3.32. The third-order valence-electron chi connectivity index (χ3n) is 4.51. The van der Waals surface area contributed by atoms with Crippen LogP contribution in [0.4, 0.5) is 0 Å². The van der Waals surface area contributed by atoms with Crippen LogP contribution < -0.4 is 0 Å². The first-order valence-corrected chi connectivity index (χ1v) is 9.48. The summed E-state index contributed by atoms with van der Waals surface area (Å²) in [6, 6.07) is 18.1. The molecule has 2 N–H and O–H groups in total. The summed E-state index contributed by atoms with van der Waals surface area (Å²) in [5.74, 6) is -2.11. The van der Waals surface area contributed by atoms with E-state index in [2.05, 4.69) is 22.2 Å². The van der Waals surface area contributed by atoms with Crippen LogP contribution in [0.15, 0.2) is 76.8 Å². The molecule has 0 aliphatic rings. The fourth-order valence-corrected chi connectivity index (χ4v) is 3.74. The predicted octanol–water partition coefficient (Wildman–Crippen LogP) is 4.44. The second kappa shape index (κ2) is 7.36. The van der Waals surface area contributed by atoms with Gasteiger partial charge in [-0.3, -0.25) is 4.79 Å². The Bertz CT molecular complexity index is 1140. The van der Waals surface area contributed by atoms with E-state index in [4.69, 9.17) is 0 Å². The summed E-state index contributed by atoms with van der Waals surface area (Å²) in [4.78, 5) is 17.8. The number of aromatic nitrogens is 3. The zero-order chi connectivity index (χ0) is 19.7. The average molecular weight is 391 g/mol. The molecule has 0 radical (unpaired) electrons. The van der Waals surface area contributed by atoms with Crippen molar-refractivity contribution in [2.75, 3.05) is 0 Å². The highest BCUT2D eigenvalue weighted by molar-refractivity contribution is 7.99. The Morgan fingerprint density at radius 1 is 1.04 bits per heavy atom. The molecule has 0 saturated heterocycles. The van der Waals surface area contributed by atoms with E-state index in [1.54, 1.807) is 18.0 Å². The highest BCUT2D eigenvalue weighted by atomic mass is 32.2. The standard InChI is InChI=1S/C21H17N3O3S/c1-13(21(26)27)17-11-22-19-18(12-23-24(19)20(17)25)14-7-9-16(10-8-14)28-15-5-3-2-4-6-15/h2-13,25H,1H3,(H,26,27). The lowest BCUT2D eigenvalue weighted by molar-refractivity contribution is -0.138. The van der Waals surface area contributed by atoms with Crippen LogP contribution in [0.25, 0.3) is 16.8 Å². The first kappa shape index (κ1) is 18.1. The Kier molecular flexibility index (Phi) is 4.75. The van der Waals surface area contributed by atoms with Gasteiger partial charge in [-0.2, -0.15) is 9.61 Å². The van der Waals surface area contributed by atoms with Crippen LogP contribution in [0.5, 0.6) is 5.88 Å². The van der Waals surface area contributed by atoms with Gasteiger partial charge in [-0.15, -0.1) is 0 Å². The largest absolute Gasteiger partial charge is 0.493 e. The van der Waals surface area contributed by atoms with Gasteiger partial charge in [-0.1, -0.05) is 42.1 Å². The quantitative estimate of drug-likeness (QED) is 0.523. The van der Waals surface area contributed by atoms with Gasteiger partial charge in [-0.05, 0) is 36.8 Å². The number of aromatic hydroxyl groups is 1. The van der Waals surface area contributed by atoms with Gasteiger partial charge in [0, 0.05) is 27.1 Å². The lowest BCUT2D eigenvalue weighted by atomic mass is 10.0. The zero-order valence-corrected chi connectivity index (χ0v) is 15.8. The van der Waals surface area contributed by atoms with E-state index in [-0.39, 0.29) is 11.4 Å². The maximum Gasteiger partial charge on any atom is 0.310 e. The maximum absolute atomic E-state index is 11.2. The molecular weight excluding hydrogens is 374 g/mol. The number of hydrogen-bond acceptors (Lipinski definition) is 5. The molecule has 4 aromatic rings. The molecule has 140 valence electrons. The molecular formula is C21H17N3O3S. The number of carboxylic acids is 1. The summed E-state index contributed by atoms with van der Waals surface area (Å²) in [5, 5.41) is 23.8. The second-order valence-electron chi connectivity index (χ2n) is 6.33. The van der Waals surface area contributed by atoms with Crippen molar-refractivity contribution >= 4 is 23.4 Å². The molecule has 0 fully saturated rings. The molecule has 1 atom stereocenters. The van der Waals surface area contributed by atoms with Crippen molar-refractivity contribution in [1.29, 1.82) is 0 Å². The SMILES string of the molecule is CC(C(=O)O)c1cnc2c(-c3ccc(Sc4ccccc4)cc3)cnn2c1O. The number of hydrogen-bond donors (Lipinski definition) is 2. The number of carbonyl (C=O) groups is 1. The van der Waals surface area contributed by atoms with Crippen molar-refractivity contribution in [2.24, 2.45) is 0 Å². The molecule has 0 bridgehead atoms. The van der Waals surface area contributed by atoms with E-state index < -0.39 is 11.9 Å². The molecule has 0 saturated carbocycles. The third-order valence-corrected chi connectivity index (χ3v) is 5.53. The van der Waals surface area contributed by atoms with Gasteiger partial charge in [0.1, 0.15) is 0 Å². The molecule has 2 heterocycles. The van der Waals surface area contributed by atoms with Crippen LogP contribution in [-0.2, 0) is 4.79 Å². The lowest BCUT2D eigenvalue weighted by Gasteiger charge is -2.09. The second-order valence-corrected chi connectivity index (χ2v) is 7.48. The van der Waals surface area contributed by atoms with Gasteiger partial charge >= 0.3 is 5.97 Å². The number of rotatable bonds is 5. The molecule has 4 rings (SSSR count). The van der Waals surface area contributed by atoms with E-state index in [1.165, 1.54) is 17.6 Å². The summed E-state index contributed by atoms with van der Waals surface area (Å²) in [5.41, 5.74) is 2.38. The molecule has 2 aromatic carbocycles. The minimum atomic E-state index is -1.03. The summed E-state index contributed by atoms with van der Waals surface area (Å²) in [6.45, 7) is 1.50. The Labute approximate surface area is 165 Å². The number of aliphatic carboxylic acids is 1. The van der Waals surface area contributed by atoms with Gasteiger partial charge in [-0.25, -0.2) is 4.98 Å². The fourth-order valence-electron chi connectivity index (χ4n) is 2.90. The van der Waals surface area contributed by atoms with E-state index in [1.807, 2.05) is 42.5 Å². The van der Waals surface area contributed by atoms with E-state index in [0.717, 1.165) is 20.9 Å². The van der Waals surface area contributed by atoms with E-state index in [9.17, 15) is 15.0 Å². The van der Waals surface area contributed by atoms with Gasteiger partial charge in [0.2, 0.25) is 5.88 Å². The van der Waals surface area contributed by atoms with Crippen LogP contribution in [0.3, 0.4) is 0 Å². The molecule has 2 aromatic heterocycles. The van der Waals surface area contributed by atoms with Crippen molar-refractivity contribution in [1.82, 2.24) is 14.6 Å². The highest BCUT2D eigenvalue weighted by Crippen LogP contribution is 2.32. The normalized spacial score (nSPS) is 12.2. The number of carboxylic acid groups (broad SMARTS) is 1. The Balaban J connectivity index is 1.66.